The molecule has 1 aromatic carbocycles. The van der Waals surface area contributed by atoms with Crippen LogP contribution in [-0.4, -0.2) is 23.8 Å². The maximum atomic E-state index is 10.2. The highest BCUT2D eigenvalue weighted by Crippen LogP contribution is 2.42. The van der Waals surface area contributed by atoms with Gasteiger partial charge in [0, 0.05) is 29.2 Å². The molecule has 2 rings (SSSR count). The maximum Gasteiger partial charge on any atom is 0.0677 e. The van der Waals surface area contributed by atoms with Crippen molar-refractivity contribution in [1.29, 1.82) is 0 Å². The molecule has 1 aliphatic rings. The number of aliphatic hydroxyl groups is 1. The van der Waals surface area contributed by atoms with Gasteiger partial charge in [-0.3, -0.25) is 0 Å². The molecular weight excluding hydrogens is 266 g/mol. The third kappa shape index (κ3) is 1.98. The summed E-state index contributed by atoms with van der Waals surface area (Å²) in [5.41, 5.74) is 1.85. The third-order valence-corrected chi connectivity index (χ3v) is 3.84. The Morgan fingerprint density at radius 3 is 2.75 bits per heavy atom. The predicted octanol–water partition coefficient (Wildman–Crippen LogP) is 3.14. The monoisotopic (exact) mass is 283 g/mol. The van der Waals surface area contributed by atoms with Crippen LogP contribution in [0, 0.1) is 0 Å². The number of likely N-dealkylation sites (N-methyl/N-ethyl adjacent to an activating group) is 1. The van der Waals surface area contributed by atoms with Gasteiger partial charge in [0.25, 0.3) is 0 Å². The average Bonchev–Trinajstić information content (AvgIpc) is 2.54. The Morgan fingerprint density at radius 2 is 2.19 bits per heavy atom. The smallest absolute Gasteiger partial charge is 0.0677 e. The van der Waals surface area contributed by atoms with E-state index in [0.717, 1.165) is 17.6 Å². The number of rotatable bonds is 2. The van der Waals surface area contributed by atoms with Crippen LogP contribution in [0.4, 0.5) is 5.69 Å². The van der Waals surface area contributed by atoms with Crippen molar-refractivity contribution in [2.24, 2.45) is 0 Å². The van der Waals surface area contributed by atoms with Crippen molar-refractivity contribution in [2.45, 2.75) is 32.3 Å². The topological polar surface area (TPSA) is 23.5 Å². The fraction of sp³-hybridized carbons (Fsp3) is 0.538. The molecule has 0 fully saturated rings. The molecule has 0 saturated carbocycles. The Balaban J connectivity index is 2.47. The van der Waals surface area contributed by atoms with E-state index in [1.807, 2.05) is 13.8 Å². The third-order valence-electron chi connectivity index (χ3n) is 3.34. The molecule has 1 N–H and O–H groups in total. The van der Waals surface area contributed by atoms with Crippen LogP contribution < -0.4 is 4.90 Å². The van der Waals surface area contributed by atoms with Gasteiger partial charge in [0.2, 0.25) is 0 Å². The van der Waals surface area contributed by atoms with E-state index < -0.39 is 5.60 Å². The van der Waals surface area contributed by atoms with E-state index in [1.165, 1.54) is 11.3 Å². The molecule has 1 aliphatic heterocycles. The number of hydrogen-bond acceptors (Lipinski definition) is 2. The second-order valence-electron chi connectivity index (χ2n) is 4.95. The molecule has 16 heavy (non-hydrogen) atoms. The average molecular weight is 284 g/mol. The van der Waals surface area contributed by atoms with Crippen LogP contribution in [-0.2, 0) is 0 Å². The Morgan fingerprint density at radius 1 is 1.50 bits per heavy atom. The van der Waals surface area contributed by atoms with Crippen LogP contribution in [0.3, 0.4) is 0 Å². The molecule has 1 aromatic rings. The lowest BCUT2D eigenvalue weighted by Gasteiger charge is -2.26. The quantitative estimate of drug-likeness (QED) is 0.901. The molecule has 0 bridgehead atoms. The molecule has 0 radical (unpaired) electrons. The van der Waals surface area contributed by atoms with Crippen molar-refractivity contribution in [3.05, 3.63) is 28.2 Å². The zero-order valence-corrected chi connectivity index (χ0v) is 11.6. The zero-order chi connectivity index (χ0) is 11.9. The summed E-state index contributed by atoms with van der Waals surface area (Å²) in [6.45, 7) is 7.83. The fourth-order valence-corrected chi connectivity index (χ4v) is 2.79. The molecule has 0 aliphatic carbocycles. The summed E-state index contributed by atoms with van der Waals surface area (Å²) in [4.78, 5) is 2.32. The Bertz CT molecular complexity index is 397. The number of fused-ring (bicyclic) bond motifs is 1. The molecule has 88 valence electrons. The second-order valence-corrected chi connectivity index (χ2v) is 5.86. The predicted molar refractivity (Wildman–Crippen MR) is 71.1 cm³/mol. The zero-order valence-electron chi connectivity index (χ0n) is 10.00. The minimum absolute atomic E-state index is 0.194. The molecule has 3 heteroatoms. The standard InChI is InChI=1S/C13H18BrNO/c1-4-15-8-11(13(2,3)16)10-7-9(14)5-6-12(10)15/h5-7,11,16H,4,8H2,1-3H3. The van der Waals surface area contributed by atoms with Crippen molar-refractivity contribution in [2.75, 3.05) is 18.0 Å². The number of hydrogen-bond donors (Lipinski definition) is 1. The first-order valence-electron chi connectivity index (χ1n) is 5.70. The number of anilines is 1. The van der Waals surface area contributed by atoms with Gasteiger partial charge in [-0.2, -0.15) is 0 Å². The Labute approximate surface area is 105 Å². The summed E-state index contributed by atoms with van der Waals surface area (Å²) >= 11 is 3.50. The molecule has 1 unspecified atom stereocenters. The molecule has 0 amide bonds. The van der Waals surface area contributed by atoms with Gasteiger partial charge in [-0.25, -0.2) is 0 Å². The lowest BCUT2D eigenvalue weighted by molar-refractivity contribution is 0.0549. The highest BCUT2D eigenvalue weighted by Gasteiger charge is 2.37. The van der Waals surface area contributed by atoms with Crippen LogP contribution in [0.15, 0.2) is 22.7 Å². The van der Waals surface area contributed by atoms with E-state index in [-0.39, 0.29) is 5.92 Å². The Hall–Kier alpha value is -0.540. The van der Waals surface area contributed by atoms with E-state index in [4.69, 9.17) is 0 Å². The summed E-state index contributed by atoms with van der Waals surface area (Å²) in [5, 5.41) is 10.2. The van der Waals surface area contributed by atoms with Crippen LogP contribution in [0.2, 0.25) is 0 Å². The number of benzene rings is 1. The summed E-state index contributed by atoms with van der Waals surface area (Å²) in [7, 11) is 0. The molecule has 0 saturated heterocycles. The van der Waals surface area contributed by atoms with Gasteiger partial charge in [-0.05, 0) is 44.5 Å². The van der Waals surface area contributed by atoms with Gasteiger partial charge in [0.15, 0.2) is 0 Å². The van der Waals surface area contributed by atoms with Gasteiger partial charge in [0.05, 0.1) is 5.60 Å². The Kier molecular flexibility index (Phi) is 3.01. The van der Waals surface area contributed by atoms with E-state index in [1.54, 1.807) is 0 Å². The first-order chi connectivity index (χ1) is 7.43. The van der Waals surface area contributed by atoms with Crippen molar-refractivity contribution in [1.82, 2.24) is 0 Å². The van der Waals surface area contributed by atoms with Gasteiger partial charge < -0.3 is 10.0 Å². The molecule has 0 aromatic heterocycles. The van der Waals surface area contributed by atoms with Crippen molar-refractivity contribution in [3.8, 4) is 0 Å². The van der Waals surface area contributed by atoms with Crippen molar-refractivity contribution >= 4 is 21.6 Å². The van der Waals surface area contributed by atoms with E-state index >= 15 is 0 Å². The minimum atomic E-state index is -0.667. The van der Waals surface area contributed by atoms with Gasteiger partial charge in [-0.15, -0.1) is 0 Å². The highest BCUT2D eigenvalue weighted by molar-refractivity contribution is 9.10. The van der Waals surface area contributed by atoms with E-state index in [2.05, 4.69) is 46.0 Å². The van der Waals surface area contributed by atoms with Crippen molar-refractivity contribution in [3.63, 3.8) is 0 Å². The molecule has 1 heterocycles. The lowest BCUT2D eigenvalue weighted by Crippen LogP contribution is -2.33. The largest absolute Gasteiger partial charge is 0.390 e. The summed E-state index contributed by atoms with van der Waals surface area (Å²) in [6, 6.07) is 6.33. The fourth-order valence-electron chi connectivity index (χ4n) is 2.41. The van der Waals surface area contributed by atoms with Crippen molar-refractivity contribution < 1.29 is 5.11 Å². The summed E-state index contributed by atoms with van der Waals surface area (Å²) < 4.78 is 1.08. The molecule has 2 nitrogen and oxygen atoms in total. The van der Waals surface area contributed by atoms with Crippen LogP contribution in [0.1, 0.15) is 32.3 Å². The minimum Gasteiger partial charge on any atom is -0.390 e. The normalized spacial score (nSPS) is 20.1. The highest BCUT2D eigenvalue weighted by atomic mass is 79.9. The van der Waals surface area contributed by atoms with Gasteiger partial charge in [0.1, 0.15) is 0 Å². The van der Waals surface area contributed by atoms with Crippen LogP contribution >= 0.6 is 15.9 Å². The molecule has 1 atom stereocenters. The second kappa shape index (κ2) is 4.04. The van der Waals surface area contributed by atoms with E-state index in [9.17, 15) is 5.11 Å². The number of halogens is 1. The SMILES string of the molecule is CCN1CC(C(C)(C)O)c2cc(Br)ccc21. The first kappa shape index (κ1) is 11.9. The lowest BCUT2D eigenvalue weighted by atomic mass is 9.86. The maximum absolute atomic E-state index is 10.2. The van der Waals surface area contributed by atoms with Crippen LogP contribution in [0.5, 0.6) is 0 Å². The van der Waals surface area contributed by atoms with Gasteiger partial charge in [-0.1, -0.05) is 15.9 Å². The van der Waals surface area contributed by atoms with Crippen LogP contribution in [0.25, 0.3) is 0 Å². The number of nitrogens with zero attached hydrogens (tertiary/aromatic N) is 1. The van der Waals surface area contributed by atoms with Gasteiger partial charge >= 0.3 is 0 Å². The van der Waals surface area contributed by atoms with E-state index in [0.29, 0.717) is 0 Å². The summed E-state index contributed by atoms with van der Waals surface area (Å²) in [5.74, 6) is 0.194. The molecular formula is C13H18BrNO. The molecule has 0 spiro atoms. The first-order valence-corrected chi connectivity index (χ1v) is 6.49. The summed E-state index contributed by atoms with van der Waals surface area (Å²) in [6.07, 6.45) is 0.